The zero-order valence-electron chi connectivity index (χ0n) is 10.7. The number of fused-ring (bicyclic) bond motifs is 1. The van der Waals surface area contributed by atoms with Crippen molar-refractivity contribution in [2.75, 3.05) is 0 Å². The van der Waals surface area contributed by atoms with Crippen LogP contribution in [-0.4, -0.2) is 9.55 Å². The van der Waals surface area contributed by atoms with Gasteiger partial charge in [0.25, 0.3) is 0 Å². The van der Waals surface area contributed by atoms with E-state index in [-0.39, 0.29) is 6.04 Å². The van der Waals surface area contributed by atoms with Crippen LogP contribution >= 0.6 is 15.9 Å². The number of aromatic nitrogens is 2. The zero-order valence-corrected chi connectivity index (χ0v) is 12.3. The third-order valence-corrected chi connectivity index (χ3v) is 4.10. The van der Waals surface area contributed by atoms with Crippen LogP contribution in [0.5, 0.6) is 0 Å². The first kappa shape index (κ1) is 12.2. The van der Waals surface area contributed by atoms with Gasteiger partial charge in [-0.25, -0.2) is 4.98 Å². The molecule has 1 aliphatic rings. The minimum Gasteiger partial charge on any atom is -0.324 e. The Kier molecular flexibility index (Phi) is 2.94. The molecule has 4 heteroatoms. The molecular formula is C14H18BrN3. The fourth-order valence-corrected chi connectivity index (χ4v) is 2.69. The molecule has 0 saturated heterocycles. The number of halogens is 1. The molecule has 3 nitrogen and oxygen atoms in total. The summed E-state index contributed by atoms with van der Waals surface area (Å²) >= 11 is 3.50. The molecule has 1 saturated carbocycles. The number of hydrogen-bond acceptors (Lipinski definition) is 2. The van der Waals surface area contributed by atoms with Crippen LogP contribution in [0, 0.1) is 5.92 Å². The van der Waals surface area contributed by atoms with Crippen molar-refractivity contribution in [1.29, 1.82) is 0 Å². The molecule has 0 amide bonds. The summed E-state index contributed by atoms with van der Waals surface area (Å²) in [6.07, 6.45) is 2.50. The molecule has 2 N–H and O–H groups in total. The average molecular weight is 308 g/mol. The van der Waals surface area contributed by atoms with Gasteiger partial charge in [-0.3, -0.25) is 0 Å². The maximum atomic E-state index is 6.31. The first-order valence-electron chi connectivity index (χ1n) is 6.51. The summed E-state index contributed by atoms with van der Waals surface area (Å²) < 4.78 is 3.42. The van der Waals surface area contributed by atoms with E-state index < -0.39 is 0 Å². The SMILES string of the molecule is CC(C)C(N)c1nc2cc(Br)ccc2n1C1CC1. The fourth-order valence-electron chi connectivity index (χ4n) is 2.34. The minimum absolute atomic E-state index is 0.0109. The molecule has 1 aromatic carbocycles. The fraction of sp³-hybridized carbons (Fsp3) is 0.500. The summed E-state index contributed by atoms with van der Waals surface area (Å²) in [6.45, 7) is 4.30. The van der Waals surface area contributed by atoms with Gasteiger partial charge in [0.15, 0.2) is 0 Å². The predicted octanol–water partition coefficient (Wildman–Crippen LogP) is 3.79. The molecule has 1 aliphatic carbocycles. The van der Waals surface area contributed by atoms with Crippen molar-refractivity contribution in [3.63, 3.8) is 0 Å². The molecule has 1 fully saturated rings. The Bertz CT molecular complexity index is 584. The van der Waals surface area contributed by atoms with Gasteiger partial charge in [0.05, 0.1) is 17.1 Å². The smallest absolute Gasteiger partial charge is 0.127 e. The topological polar surface area (TPSA) is 43.8 Å². The van der Waals surface area contributed by atoms with Crippen molar-refractivity contribution in [1.82, 2.24) is 9.55 Å². The van der Waals surface area contributed by atoms with Gasteiger partial charge in [0.1, 0.15) is 5.82 Å². The van der Waals surface area contributed by atoms with Crippen molar-refractivity contribution < 1.29 is 0 Å². The maximum Gasteiger partial charge on any atom is 0.127 e. The second-order valence-corrected chi connectivity index (χ2v) is 6.39. The summed E-state index contributed by atoms with van der Waals surface area (Å²) in [7, 11) is 0. The van der Waals surface area contributed by atoms with Crippen LogP contribution in [0.25, 0.3) is 11.0 Å². The van der Waals surface area contributed by atoms with Gasteiger partial charge in [-0.2, -0.15) is 0 Å². The highest BCUT2D eigenvalue weighted by Gasteiger charge is 2.30. The quantitative estimate of drug-likeness (QED) is 0.937. The van der Waals surface area contributed by atoms with Gasteiger partial charge in [-0.15, -0.1) is 0 Å². The summed E-state index contributed by atoms with van der Waals surface area (Å²) in [5.74, 6) is 1.45. The van der Waals surface area contributed by atoms with Gasteiger partial charge in [-0.05, 0) is 37.0 Å². The summed E-state index contributed by atoms with van der Waals surface area (Å²) in [5.41, 5.74) is 8.57. The van der Waals surface area contributed by atoms with E-state index in [0.29, 0.717) is 12.0 Å². The molecular weight excluding hydrogens is 290 g/mol. The predicted molar refractivity (Wildman–Crippen MR) is 77.5 cm³/mol. The van der Waals surface area contributed by atoms with Crippen LogP contribution < -0.4 is 5.73 Å². The highest BCUT2D eigenvalue weighted by Crippen LogP contribution is 2.40. The van der Waals surface area contributed by atoms with Gasteiger partial charge >= 0.3 is 0 Å². The highest BCUT2D eigenvalue weighted by atomic mass is 79.9. The second kappa shape index (κ2) is 4.35. The third-order valence-electron chi connectivity index (χ3n) is 3.61. The van der Waals surface area contributed by atoms with E-state index in [1.54, 1.807) is 0 Å². The van der Waals surface area contributed by atoms with Gasteiger partial charge in [0, 0.05) is 10.5 Å². The van der Waals surface area contributed by atoms with Gasteiger partial charge < -0.3 is 10.3 Å². The van der Waals surface area contributed by atoms with Crippen LogP contribution in [0.15, 0.2) is 22.7 Å². The van der Waals surface area contributed by atoms with Crippen molar-refractivity contribution in [2.24, 2.45) is 11.7 Å². The van der Waals surface area contributed by atoms with E-state index in [4.69, 9.17) is 10.7 Å². The highest BCUT2D eigenvalue weighted by molar-refractivity contribution is 9.10. The number of hydrogen-bond donors (Lipinski definition) is 1. The Morgan fingerprint density at radius 1 is 1.39 bits per heavy atom. The Morgan fingerprint density at radius 3 is 2.72 bits per heavy atom. The average Bonchev–Trinajstić information content (AvgIpc) is 3.09. The van der Waals surface area contributed by atoms with Gasteiger partial charge in [0.2, 0.25) is 0 Å². The Labute approximate surface area is 116 Å². The van der Waals surface area contributed by atoms with E-state index in [2.05, 4.69) is 52.5 Å². The van der Waals surface area contributed by atoms with Crippen molar-refractivity contribution >= 4 is 27.0 Å². The molecule has 1 unspecified atom stereocenters. The monoisotopic (exact) mass is 307 g/mol. The maximum absolute atomic E-state index is 6.31. The normalized spacial score (nSPS) is 17.6. The van der Waals surface area contributed by atoms with Crippen LogP contribution in [-0.2, 0) is 0 Å². The van der Waals surface area contributed by atoms with E-state index in [0.717, 1.165) is 15.8 Å². The van der Waals surface area contributed by atoms with Crippen LogP contribution in [0.4, 0.5) is 0 Å². The largest absolute Gasteiger partial charge is 0.324 e. The molecule has 1 heterocycles. The number of nitrogens with zero attached hydrogens (tertiary/aromatic N) is 2. The summed E-state index contributed by atoms with van der Waals surface area (Å²) in [4.78, 5) is 4.76. The van der Waals surface area contributed by atoms with Crippen molar-refractivity contribution in [2.45, 2.75) is 38.8 Å². The first-order chi connectivity index (χ1) is 8.58. The van der Waals surface area contributed by atoms with Crippen LogP contribution in [0.3, 0.4) is 0 Å². The molecule has 3 rings (SSSR count). The lowest BCUT2D eigenvalue weighted by atomic mass is 10.1. The lowest BCUT2D eigenvalue weighted by molar-refractivity contribution is 0.470. The molecule has 0 radical (unpaired) electrons. The first-order valence-corrected chi connectivity index (χ1v) is 7.30. The number of benzene rings is 1. The molecule has 1 atom stereocenters. The zero-order chi connectivity index (χ0) is 12.9. The number of rotatable bonds is 3. The minimum atomic E-state index is 0.0109. The molecule has 0 bridgehead atoms. The van der Waals surface area contributed by atoms with E-state index in [1.807, 2.05) is 0 Å². The molecule has 0 spiro atoms. The molecule has 1 aromatic heterocycles. The molecule has 96 valence electrons. The Hall–Kier alpha value is -0.870. The summed E-state index contributed by atoms with van der Waals surface area (Å²) in [5, 5.41) is 0. The Balaban J connectivity index is 2.20. The lowest BCUT2D eigenvalue weighted by Crippen LogP contribution is -2.21. The molecule has 0 aliphatic heterocycles. The summed E-state index contributed by atoms with van der Waals surface area (Å²) in [6, 6.07) is 6.91. The molecule has 18 heavy (non-hydrogen) atoms. The van der Waals surface area contributed by atoms with Crippen LogP contribution in [0.1, 0.15) is 44.6 Å². The van der Waals surface area contributed by atoms with Gasteiger partial charge in [-0.1, -0.05) is 29.8 Å². The number of imidazole rings is 1. The molecule has 2 aromatic rings. The van der Waals surface area contributed by atoms with E-state index in [9.17, 15) is 0 Å². The standard InChI is InChI=1S/C14H18BrN3/c1-8(2)13(16)14-17-11-7-9(15)3-6-12(11)18(14)10-4-5-10/h3,6-8,10,13H,4-5,16H2,1-2H3. The third kappa shape index (κ3) is 1.97. The van der Waals surface area contributed by atoms with E-state index >= 15 is 0 Å². The lowest BCUT2D eigenvalue weighted by Gasteiger charge is -2.17. The van der Waals surface area contributed by atoms with Crippen molar-refractivity contribution in [3.05, 3.63) is 28.5 Å². The number of nitrogens with two attached hydrogens (primary N) is 1. The second-order valence-electron chi connectivity index (χ2n) is 5.47. The van der Waals surface area contributed by atoms with Crippen LogP contribution in [0.2, 0.25) is 0 Å². The Morgan fingerprint density at radius 2 is 2.11 bits per heavy atom. The van der Waals surface area contributed by atoms with E-state index in [1.165, 1.54) is 18.4 Å². The van der Waals surface area contributed by atoms with Crippen molar-refractivity contribution in [3.8, 4) is 0 Å².